The van der Waals surface area contributed by atoms with Gasteiger partial charge in [-0.1, -0.05) is 77.5 Å². The molecule has 0 spiro atoms. The summed E-state index contributed by atoms with van der Waals surface area (Å²) in [5.41, 5.74) is 5.28. The molecule has 0 N–H and O–H groups in total. The van der Waals surface area contributed by atoms with Gasteiger partial charge >= 0.3 is 0 Å². The molecule has 0 saturated carbocycles. The zero-order chi connectivity index (χ0) is 19.5. The number of ketones is 1. The van der Waals surface area contributed by atoms with Gasteiger partial charge < -0.3 is 4.79 Å². The van der Waals surface area contributed by atoms with E-state index in [1.165, 1.54) is 5.56 Å². The zero-order valence-corrected chi connectivity index (χ0v) is 16.1. The minimum atomic E-state index is -0.126. The third-order valence-corrected chi connectivity index (χ3v) is 5.18. The van der Waals surface area contributed by atoms with Crippen molar-refractivity contribution >= 4 is 16.8 Å². The van der Waals surface area contributed by atoms with Gasteiger partial charge in [0, 0.05) is 12.3 Å². The Morgan fingerprint density at radius 2 is 1.57 bits per heavy atom. The number of hydrogen-bond acceptors (Lipinski definition) is 3. The molecule has 28 heavy (non-hydrogen) atoms. The topological polar surface area (TPSA) is 47.8 Å². The Morgan fingerprint density at radius 1 is 0.893 bits per heavy atom. The summed E-state index contributed by atoms with van der Waals surface area (Å²) in [6.45, 7) is 3.73. The maximum Gasteiger partial charge on any atom is 0.130 e. The summed E-state index contributed by atoms with van der Waals surface area (Å²) in [6.07, 6.45) is 0.441. The van der Waals surface area contributed by atoms with E-state index in [4.69, 9.17) is 0 Å². The highest BCUT2D eigenvalue weighted by molar-refractivity contribution is 5.77. The lowest BCUT2D eigenvalue weighted by Crippen LogP contribution is -2.22. The number of rotatable bonds is 6. The van der Waals surface area contributed by atoms with Gasteiger partial charge in [-0.25, -0.2) is 4.68 Å². The molecular formula is C24H23N3O. The number of benzene rings is 3. The van der Waals surface area contributed by atoms with Crippen molar-refractivity contribution in [2.75, 3.05) is 0 Å². The molecule has 0 fully saturated rings. The molecule has 140 valence electrons. The van der Waals surface area contributed by atoms with Gasteiger partial charge in [0.1, 0.15) is 11.3 Å². The van der Waals surface area contributed by atoms with Gasteiger partial charge in [-0.3, -0.25) is 0 Å². The predicted octanol–water partition coefficient (Wildman–Crippen LogP) is 5.09. The van der Waals surface area contributed by atoms with E-state index in [-0.39, 0.29) is 17.7 Å². The van der Waals surface area contributed by atoms with Crippen LogP contribution in [0.15, 0.2) is 78.9 Å². The highest BCUT2D eigenvalue weighted by Gasteiger charge is 2.29. The molecule has 4 heteroatoms. The first-order valence-electron chi connectivity index (χ1n) is 9.54. The molecule has 0 amide bonds. The Morgan fingerprint density at radius 3 is 2.29 bits per heavy atom. The van der Waals surface area contributed by atoms with Crippen molar-refractivity contribution in [3.63, 3.8) is 0 Å². The molecule has 3 aromatic carbocycles. The van der Waals surface area contributed by atoms with Crippen molar-refractivity contribution in [2.24, 2.45) is 0 Å². The van der Waals surface area contributed by atoms with E-state index in [2.05, 4.69) is 53.6 Å². The molecule has 0 aliphatic heterocycles. The van der Waals surface area contributed by atoms with Crippen molar-refractivity contribution in [1.82, 2.24) is 15.0 Å². The molecule has 0 radical (unpaired) electrons. The molecule has 2 unspecified atom stereocenters. The van der Waals surface area contributed by atoms with E-state index < -0.39 is 0 Å². The number of hydrogen-bond donors (Lipinski definition) is 0. The summed E-state index contributed by atoms with van der Waals surface area (Å²) in [4.78, 5) is 12.2. The number of para-hydroxylation sites is 1. The van der Waals surface area contributed by atoms with Crippen LogP contribution < -0.4 is 0 Å². The lowest BCUT2D eigenvalue weighted by Gasteiger charge is -2.28. The van der Waals surface area contributed by atoms with Crippen LogP contribution in [0.1, 0.15) is 42.0 Å². The Kier molecular flexibility index (Phi) is 5.02. The van der Waals surface area contributed by atoms with Gasteiger partial charge in [-0.2, -0.15) is 0 Å². The number of fused-ring (bicyclic) bond motifs is 1. The van der Waals surface area contributed by atoms with Gasteiger partial charge in [-0.05, 0) is 37.1 Å². The average molecular weight is 369 g/mol. The molecule has 2 atom stereocenters. The summed E-state index contributed by atoms with van der Waals surface area (Å²) < 4.78 is 1.97. The number of carbonyl (C=O) groups is 1. The second kappa shape index (κ2) is 7.77. The van der Waals surface area contributed by atoms with Gasteiger partial charge in [0.05, 0.1) is 11.6 Å². The molecule has 4 nitrogen and oxygen atoms in total. The highest BCUT2D eigenvalue weighted by Crippen LogP contribution is 2.38. The fraction of sp³-hybridized carbons (Fsp3) is 0.208. The van der Waals surface area contributed by atoms with E-state index in [1.54, 1.807) is 6.92 Å². The van der Waals surface area contributed by atoms with Crippen molar-refractivity contribution in [3.8, 4) is 0 Å². The molecule has 0 aliphatic carbocycles. The fourth-order valence-electron chi connectivity index (χ4n) is 3.82. The van der Waals surface area contributed by atoms with Gasteiger partial charge in [-0.15, -0.1) is 5.10 Å². The second-order valence-electron chi connectivity index (χ2n) is 7.30. The molecule has 0 bridgehead atoms. The van der Waals surface area contributed by atoms with Crippen LogP contribution in [0.25, 0.3) is 11.0 Å². The highest BCUT2D eigenvalue weighted by atomic mass is 16.1. The number of Topliss-reactive ketones (excluding diaryl/α,β-unsaturated/α-hetero) is 1. The van der Waals surface area contributed by atoms with Gasteiger partial charge in [0.25, 0.3) is 0 Å². The fourth-order valence-corrected chi connectivity index (χ4v) is 3.82. The minimum Gasteiger partial charge on any atom is -0.300 e. The Balaban J connectivity index is 1.93. The van der Waals surface area contributed by atoms with E-state index in [9.17, 15) is 4.79 Å². The maximum absolute atomic E-state index is 12.2. The number of aryl methyl sites for hydroxylation is 1. The predicted molar refractivity (Wildman–Crippen MR) is 111 cm³/mol. The molecule has 1 aromatic heterocycles. The molecule has 4 aromatic rings. The first-order chi connectivity index (χ1) is 13.6. The lowest BCUT2D eigenvalue weighted by atomic mass is 9.83. The summed E-state index contributed by atoms with van der Waals surface area (Å²) in [5, 5.41) is 8.87. The van der Waals surface area contributed by atoms with Crippen LogP contribution in [0, 0.1) is 6.92 Å². The lowest BCUT2D eigenvalue weighted by molar-refractivity contribution is -0.117. The van der Waals surface area contributed by atoms with Crippen LogP contribution in [0.3, 0.4) is 0 Å². The summed E-state index contributed by atoms with van der Waals surface area (Å²) in [6, 6.07) is 26.5. The van der Waals surface area contributed by atoms with Crippen LogP contribution >= 0.6 is 0 Å². The minimum absolute atomic E-state index is 0.0356. The first-order valence-corrected chi connectivity index (χ1v) is 9.54. The Bertz CT molecular complexity index is 1080. The van der Waals surface area contributed by atoms with Crippen molar-refractivity contribution in [2.45, 2.75) is 32.2 Å². The van der Waals surface area contributed by atoms with Gasteiger partial charge in [0.2, 0.25) is 0 Å². The largest absolute Gasteiger partial charge is 0.300 e. The molecular weight excluding hydrogens is 346 g/mol. The van der Waals surface area contributed by atoms with Crippen molar-refractivity contribution in [3.05, 3.63) is 95.6 Å². The standard InChI is InChI=1S/C24H23N3O/c1-17-12-14-20(15-13-17)24(27-23-11-7-6-10-22(23)25-26-27)21(16-18(2)28)19-8-4-3-5-9-19/h3-15,21,24H,16H2,1-2H3. The van der Waals surface area contributed by atoms with Crippen LogP contribution in [-0.4, -0.2) is 20.8 Å². The summed E-state index contributed by atoms with van der Waals surface area (Å²) in [5.74, 6) is 0.127. The molecule has 4 rings (SSSR count). The Hall–Kier alpha value is -3.27. The third kappa shape index (κ3) is 3.58. The number of carbonyl (C=O) groups excluding carboxylic acids is 1. The van der Waals surface area contributed by atoms with Crippen LogP contribution in [0.4, 0.5) is 0 Å². The van der Waals surface area contributed by atoms with E-state index in [1.807, 2.05) is 47.1 Å². The Labute approximate surface area is 164 Å². The average Bonchev–Trinajstić information content (AvgIpc) is 3.13. The first kappa shape index (κ1) is 18.1. The quantitative estimate of drug-likeness (QED) is 0.475. The molecule has 1 heterocycles. The van der Waals surface area contributed by atoms with Gasteiger partial charge in [0.15, 0.2) is 0 Å². The number of nitrogens with zero attached hydrogens (tertiary/aromatic N) is 3. The van der Waals surface area contributed by atoms with Crippen molar-refractivity contribution in [1.29, 1.82) is 0 Å². The van der Waals surface area contributed by atoms with Crippen LogP contribution in [0.2, 0.25) is 0 Å². The normalized spacial score (nSPS) is 13.4. The molecule has 0 saturated heterocycles. The SMILES string of the molecule is CC(=O)CC(c1ccccc1)C(c1ccc(C)cc1)n1nnc2ccccc21. The number of aromatic nitrogens is 3. The van der Waals surface area contributed by atoms with E-state index in [0.29, 0.717) is 6.42 Å². The monoisotopic (exact) mass is 369 g/mol. The van der Waals surface area contributed by atoms with Crippen LogP contribution in [-0.2, 0) is 4.79 Å². The molecule has 0 aliphatic rings. The van der Waals surface area contributed by atoms with E-state index in [0.717, 1.165) is 22.2 Å². The zero-order valence-electron chi connectivity index (χ0n) is 16.1. The summed E-state index contributed by atoms with van der Waals surface area (Å²) in [7, 11) is 0. The van der Waals surface area contributed by atoms with E-state index >= 15 is 0 Å². The van der Waals surface area contributed by atoms with Crippen LogP contribution in [0.5, 0.6) is 0 Å². The smallest absolute Gasteiger partial charge is 0.130 e. The maximum atomic E-state index is 12.2. The third-order valence-electron chi connectivity index (χ3n) is 5.18. The van der Waals surface area contributed by atoms with Crippen molar-refractivity contribution < 1.29 is 4.79 Å². The second-order valence-corrected chi connectivity index (χ2v) is 7.30. The summed E-state index contributed by atoms with van der Waals surface area (Å²) >= 11 is 0.